The van der Waals surface area contributed by atoms with Crippen LogP contribution in [0, 0.1) is 17.0 Å². The third kappa shape index (κ3) is 2.04. The quantitative estimate of drug-likeness (QED) is 0.602. The summed E-state index contributed by atoms with van der Waals surface area (Å²) in [4.78, 5) is 14.6. The predicted octanol–water partition coefficient (Wildman–Crippen LogP) is 2.65. The molecule has 1 heterocycles. The highest BCUT2D eigenvalue weighted by atomic mass is 16.6. The number of hydrogen-bond donors (Lipinski definition) is 0. The SMILES string of the molecule is CCc1nccn1-c1ccc([N+](=O)[O-])c(C)c1. The lowest BCUT2D eigenvalue weighted by atomic mass is 10.2. The molecule has 0 radical (unpaired) electrons. The summed E-state index contributed by atoms with van der Waals surface area (Å²) in [6, 6.07) is 5.08. The molecule has 0 aliphatic carbocycles. The molecule has 2 aromatic rings. The van der Waals surface area contributed by atoms with Crippen LogP contribution in [0.4, 0.5) is 5.69 Å². The van der Waals surface area contributed by atoms with Crippen molar-refractivity contribution in [3.05, 3.63) is 52.1 Å². The smallest absolute Gasteiger partial charge is 0.272 e. The van der Waals surface area contributed by atoms with Crippen LogP contribution in [0.25, 0.3) is 5.69 Å². The van der Waals surface area contributed by atoms with E-state index >= 15 is 0 Å². The number of rotatable bonds is 3. The minimum absolute atomic E-state index is 0.145. The second-order valence-corrected chi connectivity index (χ2v) is 3.79. The van der Waals surface area contributed by atoms with Crippen molar-refractivity contribution in [3.63, 3.8) is 0 Å². The van der Waals surface area contributed by atoms with Crippen molar-refractivity contribution in [2.75, 3.05) is 0 Å². The van der Waals surface area contributed by atoms with Crippen LogP contribution in [-0.4, -0.2) is 14.5 Å². The molecule has 0 saturated heterocycles. The van der Waals surface area contributed by atoms with E-state index in [2.05, 4.69) is 4.98 Å². The lowest BCUT2D eigenvalue weighted by Gasteiger charge is -2.07. The van der Waals surface area contributed by atoms with Crippen molar-refractivity contribution in [1.82, 2.24) is 9.55 Å². The van der Waals surface area contributed by atoms with Crippen molar-refractivity contribution in [3.8, 4) is 5.69 Å². The van der Waals surface area contributed by atoms with Gasteiger partial charge in [-0.3, -0.25) is 10.1 Å². The lowest BCUT2D eigenvalue weighted by Crippen LogP contribution is -2.00. The Bertz CT molecular complexity index is 561. The number of aryl methyl sites for hydroxylation is 2. The fourth-order valence-electron chi connectivity index (χ4n) is 1.83. The first-order valence-corrected chi connectivity index (χ1v) is 5.41. The highest BCUT2D eigenvalue weighted by molar-refractivity contribution is 5.48. The highest BCUT2D eigenvalue weighted by Crippen LogP contribution is 2.21. The molecule has 0 atom stereocenters. The molecule has 0 unspecified atom stereocenters. The summed E-state index contributed by atoms with van der Waals surface area (Å²) in [6.45, 7) is 3.77. The molecule has 0 aliphatic rings. The monoisotopic (exact) mass is 231 g/mol. The molecule has 0 saturated carbocycles. The van der Waals surface area contributed by atoms with Crippen molar-refractivity contribution in [2.45, 2.75) is 20.3 Å². The van der Waals surface area contributed by atoms with Gasteiger partial charge in [-0.05, 0) is 19.1 Å². The second kappa shape index (κ2) is 4.37. The van der Waals surface area contributed by atoms with E-state index in [1.54, 1.807) is 25.3 Å². The van der Waals surface area contributed by atoms with Crippen molar-refractivity contribution in [1.29, 1.82) is 0 Å². The summed E-state index contributed by atoms with van der Waals surface area (Å²) in [5.74, 6) is 0.943. The molecule has 0 fully saturated rings. The van der Waals surface area contributed by atoms with Gasteiger partial charge in [0, 0.05) is 36.1 Å². The van der Waals surface area contributed by atoms with Gasteiger partial charge in [-0.25, -0.2) is 4.98 Å². The Balaban J connectivity index is 2.48. The van der Waals surface area contributed by atoms with Gasteiger partial charge in [0.15, 0.2) is 0 Å². The first-order valence-electron chi connectivity index (χ1n) is 5.41. The predicted molar refractivity (Wildman–Crippen MR) is 64.3 cm³/mol. The Kier molecular flexibility index (Phi) is 2.91. The Morgan fingerprint density at radius 2 is 2.24 bits per heavy atom. The molecular weight excluding hydrogens is 218 g/mol. The van der Waals surface area contributed by atoms with E-state index in [0.717, 1.165) is 17.9 Å². The molecule has 0 spiro atoms. The summed E-state index contributed by atoms with van der Waals surface area (Å²) in [7, 11) is 0. The average molecular weight is 231 g/mol. The topological polar surface area (TPSA) is 61.0 Å². The number of nitro benzene ring substituents is 1. The van der Waals surface area contributed by atoms with Crippen molar-refractivity contribution < 1.29 is 4.92 Å². The Morgan fingerprint density at radius 1 is 1.47 bits per heavy atom. The first-order chi connectivity index (χ1) is 8.13. The van der Waals surface area contributed by atoms with Crippen LogP contribution in [0.1, 0.15) is 18.3 Å². The average Bonchev–Trinajstić information content (AvgIpc) is 2.76. The number of aromatic nitrogens is 2. The molecule has 1 aromatic carbocycles. The van der Waals surface area contributed by atoms with E-state index in [-0.39, 0.29) is 10.6 Å². The van der Waals surface area contributed by atoms with Gasteiger partial charge < -0.3 is 4.57 Å². The fourth-order valence-corrected chi connectivity index (χ4v) is 1.83. The van der Waals surface area contributed by atoms with Gasteiger partial charge >= 0.3 is 0 Å². The number of nitro groups is 1. The molecule has 17 heavy (non-hydrogen) atoms. The zero-order valence-corrected chi connectivity index (χ0v) is 9.75. The normalized spacial score (nSPS) is 10.5. The lowest BCUT2D eigenvalue weighted by molar-refractivity contribution is -0.385. The molecular formula is C12H13N3O2. The summed E-state index contributed by atoms with van der Waals surface area (Å²) in [5, 5.41) is 10.7. The number of hydrogen-bond acceptors (Lipinski definition) is 3. The van der Waals surface area contributed by atoms with Crippen LogP contribution < -0.4 is 0 Å². The van der Waals surface area contributed by atoms with Gasteiger partial charge in [0.05, 0.1) is 4.92 Å². The maximum atomic E-state index is 10.7. The molecule has 2 rings (SSSR count). The van der Waals surface area contributed by atoms with Crippen LogP contribution in [0.2, 0.25) is 0 Å². The zero-order valence-electron chi connectivity index (χ0n) is 9.75. The molecule has 0 aliphatic heterocycles. The van der Waals surface area contributed by atoms with Gasteiger partial charge in [-0.1, -0.05) is 6.92 Å². The fraction of sp³-hybridized carbons (Fsp3) is 0.250. The van der Waals surface area contributed by atoms with E-state index in [1.165, 1.54) is 6.07 Å². The number of benzene rings is 1. The minimum atomic E-state index is -0.367. The Hall–Kier alpha value is -2.17. The molecule has 5 nitrogen and oxygen atoms in total. The number of imidazole rings is 1. The van der Waals surface area contributed by atoms with Crippen LogP contribution in [0.15, 0.2) is 30.6 Å². The summed E-state index contributed by atoms with van der Waals surface area (Å²) in [6.07, 6.45) is 4.41. The van der Waals surface area contributed by atoms with Crippen molar-refractivity contribution >= 4 is 5.69 Å². The Morgan fingerprint density at radius 3 is 2.82 bits per heavy atom. The van der Waals surface area contributed by atoms with Crippen molar-refractivity contribution in [2.24, 2.45) is 0 Å². The van der Waals surface area contributed by atoms with Gasteiger partial charge in [0.2, 0.25) is 0 Å². The summed E-state index contributed by atoms with van der Waals surface area (Å²) >= 11 is 0. The van der Waals surface area contributed by atoms with Gasteiger partial charge in [-0.2, -0.15) is 0 Å². The van der Waals surface area contributed by atoms with Gasteiger partial charge in [0.25, 0.3) is 5.69 Å². The third-order valence-electron chi connectivity index (χ3n) is 2.69. The van der Waals surface area contributed by atoms with E-state index in [4.69, 9.17) is 0 Å². The van der Waals surface area contributed by atoms with Crippen LogP contribution in [0.3, 0.4) is 0 Å². The largest absolute Gasteiger partial charge is 0.304 e. The number of nitrogens with zero attached hydrogens (tertiary/aromatic N) is 3. The standard InChI is InChI=1S/C12H13N3O2/c1-3-12-13-6-7-14(12)10-4-5-11(15(16)17)9(2)8-10/h4-8H,3H2,1-2H3. The van der Waals surface area contributed by atoms with Crippen LogP contribution in [-0.2, 0) is 6.42 Å². The van der Waals surface area contributed by atoms with E-state index in [9.17, 15) is 10.1 Å². The molecule has 0 amide bonds. The third-order valence-corrected chi connectivity index (χ3v) is 2.69. The van der Waals surface area contributed by atoms with Crippen LogP contribution in [0.5, 0.6) is 0 Å². The highest BCUT2D eigenvalue weighted by Gasteiger charge is 2.11. The van der Waals surface area contributed by atoms with Gasteiger partial charge in [-0.15, -0.1) is 0 Å². The molecule has 1 aromatic heterocycles. The van der Waals surface area contributed by atoms with E-state index in [1.807, 2.05) is 17.7 Å². The molecule has 5 heteroatoms. The second-order valence-electron chi connectivity index (χ2n) is 3.79. The van der Waals surface area contributed by atoms with E-state index in [0.29, 0.717) is 5.56 Å². The molecule has 0 N–H and O–H groups in total. The summed E-state index contributed by atoms with van der Waals surface area (Å²) < 4.78 is 1.94. The summed E-state index contributed by atoms with van der Waals surface area (Å²) in [5.41, 5.74) is 1.71. The Labute approximate surface area is 98.9 Å². The van der Waals surface area contributed by atoms with E-state index < -0.39 is 0 Å². The maximum absolute atomic E-state index is 10.7. The zero-order chi connectivity index (χ0) is 12.4. The minimum Gasteiger partial charge on any atom is -0.304 e. The van der Waals surface area contributed by atoms with Gasteiger partial charge in [0.1, 0.15) is 5.82 Å². The molecule has 0 bridgehead atoms. The maximum Gasteiger partial charge on any atom is 0.272 e. The van der Waals surface area contributed by atoms with Crippen LogP contribution >= 0.6 is 0 Å². The molecule has 88 valence electrons. The first kappa shape index (κ1) is 11.3.